The second-order valence-electron chi connectivity index (χ2n) is 24.7. The van der Waals surface area contributed by atoms with E-state index >= 15 is 0 Å². The van der Waals surface area contributed by atoms with Crippen LogP contribution in [-0.2, 0) is 53.7 Å². The van der Waals surface area contributed by atoms with Gasteiger partial charge in [0.2, 0.25) is 29.0 Å². The lowest BCUT2D eigenvalue weighted by Gasteiger charge is -2.20. The van der Waals surface area contributed by atoms with Crippen LogP contribution in [0.5, 0.6) is 17.2 Å². The number of nitro groups is 5. The molecule has 4 aliphatic rings. The van der Waals surface area contributed by atoms with Gasteiger partial charge in [-0.05, 0) is 101 Å². The summed E-state index contributed by atoms with van der Waals surface area (Å²) >= 11 is 6.32. The SMILES string of the molecule is O=C(O)c1cc(F)c([N+](=O)[O-])cc1F.O=[N+]([O-])c1cc(F)c(CO)cc1F.O=[N+]([O-])c1cc(F)c(COP(=O)(N2CC2)N2CC2)cc1F.O=[N+]([O-])c1cc(F)c(COP(=O)(N2CC2)N2CC2)cc1Oc1ccc(-c2ccc(F)cc2)cc1.O=[N+]([O-])c1cc(F)c(COP(=O)(NCCBr)NCCBr)cc1F.Oc1ccc(-c2ccc(F)cc2)cc1.[B]C. The van der Waals surface area contributed by atoms with Gasteiger partial charge in [0.1, 0.15) is 52.2 Å². The molecule has 2 radical (unpaired) electrons. The van der Waals surface area contributed by atoms with Gasteiger partial charge < -0.3 is 33.6 Å². The van der Waals surface area contributed by atoms with Gasteiger partial charge in [-0.25, -0.2) is 64.4 Å². The van der Waals surface area contributed by atoms with E-state index in [9.17, 15) is 117 Å². The predicted octanol–water partition coefficient (Wildman–Crippen LogP) is 17.5. The number of ether oxygens (including phenoxy) is 1. The summed E-state index contributed by atoms with van der Waals surface area (Å²) in [7, 11) is -5.27. The van der Waals surface area contributed by atoms with Gasteiger partial charge in [-0.3, -0.25) is 64.3 Å². The Morgan fingerprint density at radius 1 is 0.421 bits per heavy atom. The Morgan fingerprint density at radius 2 is 0.711 bits per heavy atom. The zero-order valence-electron chi connectivity index (χ0n) is 62.4. The summed E-state index contributed by atoms with van der Waals surface area (Å²) in [6, 6.07) is 31.6. The third-order valence-corrected chi connectivity index (χ3v) is 24.3. The summed E-state index contributed by atoms with van der Waals surface area (Å²) in [5, 5.41) is 85.0. The van der Waals surface area contributed by atoms with E-state index in [1.165, 1.54) is 37.2 Å². The molecule has 0 saturated carbocycles. The Labute approximate surface area is 696 Å². The number of phenols is 1. The predicted molar refractivity (Wildman–Crippen MR) is 422 cm³/mol. The number of alkyl halides is 2. The number of aromatic hydroxyl groups is 1. The van der Waals surface area contributed by atoms with Crippen molar-refractivity contribution in [3.05, 3.63) is 300 Å². The number of carboxylic acids is 1. The van der Waals surface area contributed by atoms with Crippen LogP contribution in [-0.4, -0.2) is 149 Å². The number of carbonyl (C=O) groups is 1. The topological polar surface area (TPSA) is 418 Å². The molecule has 13 rings (SSSR count). The molecule has 49 heteroatoms. The third-order valence-electron chi connectivity index (χ3n) is 16.3. The summed E-state index contributed by atoms with van der Waals surface area (Å²) < 4.78 is 213. The molecule has 121 heavy (non-hydrogen) atoms. The maximum Gasteiger partial charge on any atom is 0.346 e. The number of aliphatic hydroxyl groups is 1. The lowest BCUT2D eigenvalue weighted by Crippen LogP contribution is -2.27. The number of nitrogens with one attached hydrogen (secondary N) is 2. The van der Waals surface area contributed by atoms with E-state index in [1.54, 1.807) is 91.5 Å². The Kier molecular flexibility index (Phi) is 36.3. The Balaban J connectivity index is 0.000000207. The van der Waals surface area contributed by atoms with Crippen LogP contribution in [0.3, 0.4) is 0 Å². The number of rotatable bonds is 30. The highest BCUT2D eigenvalue weighted by Crippen LogP contribution is 2.62. The number of carboxylic acid groups (broad SMARTS) is 1. The zero-order chi connectivity index (χ0) is 89.4. The monoisotopic (exact) mass is 1890 g/mol. The second-order valence-corrected chi connectivity index (χ2v) is 33.0. The Hall–Kier alpha value is -10.4. The first-order valence-corrected chi connectivity index (χ1v) is 41.6. The van der Waals surface area contributed by atoms with Crippen molar-refractivity contribution in [2.75, 3.05) is 76.1 Å². The van der Waals surface area contributed by atoms with E-state index in [-0.39, 0.29) is 64.1 Å². The smallest absolute Gasteiger partial charge is 0.346 e. The normalized spacial score (nSPS) is 13.3. The van der Waals surface area contributed by atoms with Crippen LogP contribution in [0.1, 0.15) is 32.6 Å². The van der Waals surface area contributed by atoms with Crippen molar-refractivity contribution in [3.8, 4) is 39.5 Å². The van der Waals surface area contributed by atoms with Crippen molar-refractivity contribution >= 4 is 97.1 Å². The van der Waals surface area contributed by atoms with E-state index in [0.717, 1.165) is 28.3 Å². The fourth-order valence-corrected chi connectivity index (χ4v) is 16.7. The van der Waals surface area contributed by atoms with Gasteiger partial charge >= 0.3 is 57.4 Å². The molecule has 4 aliphatic heterocycles. The number of halogens is 13. The Bertz CT molecular complexity index is 5240. The van der Waals surface area contributed by atoms with Crippen LogP contribution in [0.25, 0.3) is 22.3 Å². The highest BCUT2D eigenvalue weighted by molar-refractivity contribution is 9.09. The fourth-order valence-electron chi connectivity index (χ4n) is 9.90. The molecule has 32 nitrogen and oxygen atoms in total. The molecule has 0 atom stereocenters. The van der Waals surface area contributed by atoms with Gasteiger partial charge in [0.15, 0.2) is 0 Å². The molecule has 0 amide bonds. The van der Waals surface area contributed by atoms with E-state index in [2.05, 4.69) is 49.9 Å². The van der Waals surface area contributed by atoms with E-state index < -0.39 is 160 Å². The highest BCUT2D eigenvalue weighted by Gasteiger charge is 2.51. The highest BCUT2D eigenvalue weighted by atomic mass is 79.9. The summed E-state index contributed by atoms with van der Waals surface area (Å²) in [5.41, 5.74) is -2.67. The fraction of sp³-hybridized carbons (Fsp3) is 0.236. The molecule has 0 aromatic heterocycles. The van der Waals surface area contributed by atoms with Crippen LogP contribution in [0, 0.1) is 115 Å². The van der Waals surface area contributed by atoms with Crippen molar-refractivity contribution in [2.45, 2.75) is 33.3 Å². The molecule has 644 valence electrons. The average Bonchev–Trinajstić information content (AvgIpc) is 1.61. The van der Waals surface area contributed by atoms with Gasteiger partial charge in [0.25, 0.3) is 0 Å². The summed E-state index contributed by atoms with van der Waals surface area (Å²) in [6.07, 6.45) is 0. The van der Waals surface area contributed by atoms with Crippen LogP contribution in [0.4, 0.5) is 76.7 Å². The van der Waals surface area contributed by atoms with Crippen LogP contribution in [0.15, 0.2) is 158 Å². The summed E-state index contributed by atoms with van der Waals surface area (Å²) in [6.45, 7) is 5.41. The molecule has 0 aliphatic carbocycles. The van der Waals surface area contributed by atoms with Gasteiger partial charge in [0.05, 0.1) is 94.8 Å². The molecule has 9 aromatic carbocycles. The zero-order valence-corrected chi connectivity index (χ0v) is 68.2. The van der Waals surface area contributed by atoms with Gasteiger partial charge in [-0.15, -0.1) is 0 Å². The molecular formula is C72H66BBr2F11N11O21P3. The molecular weight excluding hydrogens is 1830 g/mol. The Morgan fingerprint density at radius 3 is 1.03 bits per heavy atom. The van der Waals surface area contributed by atoms with Crippen molar-refractivity contribution in [1.82, 2.24) is 28.9 Å². The van der Waals surface area contributed by atoms with Crippen molar-refractivity contribution < 1.29 is 125 Å². The average molecular weight is 1890 g/mol. The number of benzene rings is 9. The van der Waals surface area contributed by atoms with E-state index in [4.69, 9.17) is 33.6 Å². The largest absolute Gasteiger partial charge is 0.508 e. The quantitative estimate of drug-likeness (QED) is 0.00531. The minimum atomic E-state index is -3.47. The number of nitrogens with zero attached hydrogens (tertiary/aromatic N) is 9. The number of hydrogen-bond donors (Lipinski definition) is 5. The van der Waals surface area contributed by atoms with Crippen molar-refractivity contribution in [2.24, 2.45) is 0 Å². The first-order chi connectivity index (χ1) is 57.3. The van der Waals surface area contributed by atoms with E-state index in [1.807, 2.05) is 0 Å². The molecule has 4 saturated heterocycles. The minimum Gasteiger partial charge on any atom is -0.508 e. The maximum atomic E-state index is 14.6. The number of phenolic OH excluding ortho intramolecular Hbond substituents is 1. The molecule has 0 bridgehead atoms. The molecule has 4 fully saturated rings. The molecule has 5 N–H and O–H groups in total. The van der Waals surface area contributed by atoms with Gasteiger partial charge in [0, 0.05) is 98.4 Å². The van der Waals surface area contributed by atoms with Crippen LogP contribution >= 0.6 is 54.9 Å². The first kappa shape index (κ1) is 97.7. The van der Waals surface area contributed by atoms with Crippen LogP contribution < -0.4 is 14.9 Å². The second kappa shape index (κ2) is 44.9. The van der Waals surface area contributed by atoms with Crippen molar-refractivity contribution in [3.63, 3.8) is 0 Å². The van der Waals surface area contributed by atoms with Crippen LogP contribution in [0.2, 0.25) is 6.82 Å². The third kappa shape index (κ3) is 28.3. The lowest BCUT2D eigenvalue weighted by molar-refractivity contribution is -0.387. The number of aromatic carboxylic acids is 1. The van der Waals surface area contributed by atoms with Gasteiger partial charge in [-0.1, -0.05) is 87.2 Å². The molecule has 9 aromatic rings. The van der Waals surface area contributed by atoms with E-state index in [0.29, 0.717) is 118 Å². The number of aliphatic hydroxyl groups excluding tert-OH is 1. The molecule has 0 unspecified atom stereocenters. The minimum absolute atomic E-state index is 0.00690. The molecule has 0 spiro atoms. The van der Waals surface area contributed by atoms with Gasteiger partial charge in [-0.2, -0.15) is 17.6 Å². The summed E-state index contributed by atoms with van der Waals surface area (Å²) in [5.74, 6) is -11.9. The first-order valence-electron chi connectivity index (χ1n) is 34.7. The maximum absolute atomic E-state index is 14.6. The lowest BCUT2D eigenvalue weighted by atomic mass is 10.1. The summed E-state index contributed by atoms with van der Waals surface area (Å²) in [4.78, 5) is 58.1. The number of nitro benzene ring substituents is 5. The standard InChI is InChI=1S/C23H20F2N3O5P.C12H9FO.C11H14Br2F2N3O4P.C11H12F2N3O4P.C7H3F2NO4.C7H5F2NO3.CH3B/c24-19-5-1-16(2-6-19)17-3-7-20(8-4-17)33-23-13-18(21(25)14-22(23)28(29)30)15-32-34(31,26-9-10-26)27-11-12-27;13-11-5-1-9(2-6-11)10-3-7-12(14)8-4-10;12-1-3-16-23(21,17-4-2-13)22-7-8-5-10(15)11(18(19)20)6-9(8)14;12-9-6-11(16(17)18)10(13)5-8(9)7-20-21(19,14-1-2-14)15-3-4-15;8-4-2-6(10(13)14)5(9)1-3(4)7(11)12;8-5-2-7(10(12)13)6(9)1-4(5)3-11;1-2/h1-8,13-14H,9-12,15H2;1-8,14H;5-6H,1-4,7H2,(H2,16,17,21);5-6H,1-4,7H2;1-2H,(H,11,12);1-2,11H,3H2;1H3. The van der Waals surface area contributed by atoms with Crippen molar-refractivity contribution in [1.29, 1.82) is 0 Å². The number of hydrogen-bond acceptors (Lipinski definition) is 20. The molecule has 4 heterocycles.